The number of hydrogen-bond acceptors (Lipinski definition) is 3. The molecule has 4 nitrogen and oxygen atoms in total. The molecule has 140 valence electrons. The molecule has 4 aromatic rings. The van der Waals surface area contributed by atoms with Gasteiger partial charge in [-0.1, -0.05) is 78.5 Å². The molecular formula is C23H21N3OS. The molecular weight excluding hydrogens is 366 g/mol. The lowest BCUT2D eigenvalue weighted by atomic mass is 10.1. The molecule has 0 spiro atoms. The van der Waals surface area contributed by atoms with Crippen LogP contribution >= 0.6 is 11.8 Å². The van der Waals surface area contributed by atoms with E-state index in [4.69, 9.17) is 0 Å². The number of aromatic nitrogens is 2. The lowest BCUT2D eigenvalue weighted by molar-refractivity contribution is -0.115. The number of benzene rings is 3. The number of amides is 1. The first-order chi connectivity index (χ1) is 13.7. The number of imidazole rings is 1. The third kappa shape index (κ3) is 4.10. The number of anilines is 1. The highest BCUT2D eigenvalue weighted by Gasteiger charge is 2.18. The summed E-state index contributed by atoms with van der Waals surface area (Å²) in [5.41, 5.74) is 2.04. The van der Waals surface area contributed by atoms with Crippen LogP contribution in [-0.4, -0.2) is 20.7 Å². The molecule has 1 N–H and O–H groups in total. The van der Waals surface area contributed by atoms with E-state index in [-0.39, 0.29) is 11.2 Å². The Morgan fingerprint density at radius 3 is 2.64 bits per heavy atom. The molecule has 0 radical (unpaired) electrons. The molecule has 1 heterocycles. The summed E-state index contributed by atoms with van der Waals surface area (Å²) in [4.78, 5) is 17.2. The molecule has 0 fully saturated rings. The number of thioether (sulfide) groups is 1. The molecule has 3 aromatic carbocycles. The quantitative estimate of drug-likeness (QED) is 0.462. The highest BCUT2D eigenvalue weighted by atomic mass is 32.2. The average Bonchev–Trinajstić information content (AvgIpc) is 3.15. The molecule has 28 heavy (non-hydrogen) atoms. The van der Waals surface area contributed by atoms with Crippen LogP contribution in [0.4, 0.5) is 5.69 Å². The monoisotopic (exact) mass is 387 g/mol. The van der Waals surface area contributed by atoms with Crippen molar-refractivity contribution < 1.29 is 4.79 Å². The van der Waals surface area contributed by atoms with E-state index in [9.17, 15) is 4.79 Å². The van der Waals surface area contributed by atoms with Gasteiger partial charge in [-0.3, -0.25) is 4.79 Å². The van der Waals surface area contributed by atoms with Gasteiger partial charge in [-0.2, -0.15) is 0 Å². The smallest absolute Gasteiger partial charge is 0.237 e. The van der Waals surface area contributed by atoms with E-state index in [1.807, 2.05) is 73.8 Å². The summed E-state index contributed by atoms with van der Waals surface area (Å²) in [6.45, 7) is 2.65. The summed E-state index contributed by atoms with van der Waals surface area (Å²) in [6.07, 6.45) is 3.73. The van der Waals surface area contributed by atoms with E-state index in [0.717, 1.165) is 28.2 Å². The van der Waals surface area contributed by atoms with Crippen LogP contribution in [0.3, 0.4) is 0 Å². The average molecular weight is 388 g/mol. The van der Waals surface area contributed by atoms with Gasteiger partial charge in [0, 0.05) is 30.0 Å². The van der Waals surface area contributed by atoms with Crippen molar-refractivity contribution in [1.29, 1.82) is 0 Å². The minimum atomic E-state index is -0.268. The molecule has 1 aromatic heterocycles. The normalized spacial score (nSPS) is 12.0. The maximum Gasteiger partial charge on any atom is 0.237 e. The number of rotatable bonds is 6. The van der Waals surface area contributed by atoms with Gasteiger partial charge in [-0.15, -0.1) is 0 Å². The van der Waals surface area contributed by atoms with Crippen molar-refractivity contribution in [2.45, 2.75) is 23.9 Å². The van der Waals surface area contributed by atoms with Crippen LogP contribution in [0.1, 0.15) is 12.5 Å². The highest BCUT2D eigenvalue weighted by molar-refractivity contribution is 8.00. The SMILES string of the molecule is CC(Sc1nccn1Cc1ccccc1)C(=O)Nc1cccc2ccccc12. The molecule has 0 bridgehead atoms. The second kappa shape index (κ2) is 8.31. The van der Waals surface area contributed by atoms with Crippen molar-refractivity contribution in [2.75, 3.05) is 5.32 Å². The largest absolute Gasteiger partial charge is 0.325 e. The predicted molar refractivity (Wildman–Crippen MR) is 116 cm³/mol. The fraction of sp³-hybridized carbons (Fsp3) is 0.130. The molecule has 4 rings (SSSR count). The first-order valence-electron chi connectivity index (χ1n) is 9.21. The van der Waals surface area contributed by atoms with Crippen molar-refractivity contribution in [3.63, 3.8) is 0 Å². The molecule has 1 amide bonds. The number of carbonyl (C=O) groups excluding carboxylic acids is 1. The maximum absolute atomic E-state index is 12.8. The van der Waals surface area contributed by atoms with Crippen LogP contribution in [-0.2, 0) is 11.3 Å². The Balaban J connectivity index is 1.46. The summed E-state index contributed by atoms with van der Waals surface area (Å²) >= 11 is 1.47. The van der Waals surface area contributed by atoms with E-state index in [1.54, 1.807) is 6.20 Å². The number of fused-ring (bicyclic) bond motifs is 1. The molecule has 0 aliphatic rings. The maximum atomic E-state index is 12.8. The van der Waals surface area contributed by atoms with E-state index in [1.165, 1.54) is 17.3 Å². The summed E-state index contributed by atoms with van der Waals surface area (Å²) in [5, 5.41) is 5.79. The van der Waals surface area contributed by atoms with Gasteiger partial charge in [0.15, 0.2) is 5.16 Å². The van der Waals surface area contributed by atoms with Crippen molar-refractivity contribution >= 4 is 34.1 Å². The molecule has 0 saturated heterocycles. The predicted octanol–water partition coefficient (Wildman–Crippen LogP) is 5.20. The lowest BCUT2D eigenvalue weighted by Crippen LogP contribution is -2.23. The van der Waals surface area contributed by atoms with Crippen LogP contribution in [0.15, 0.2) is 90.3 Å². The molecule has 5 heteroatoms. The van der Waals surface area contributed by atoms with E-state index < -0.39 is 0 Å². The molecule has 0 aliphatic carbocycles. The summed E-state index contributed by atoms with van der Waals surface area (Å²) in [7, 11) is 0. The summed E-state index contributed by atoms with van der Waals surface area (Å²) < 4.78 is 2.07. The van der Waals surface area contributed by atoms with E-state index in [2.05, 4.69) is 27.0 Å². The molecule has 0 aliphatic heterocycles. The molecule has 1 unspecified atom stereocenters. The zero-order chi connectivity index (χ0) is 19.3. The lowest BCUT2D eigenvalue weighted by Gasteiger charge is -2.14. The highest BCUT2D eigenvalue weighted by Crippen LogP contribution is 2.26. The van der Waals surface area contributed by atoms with Crippen LogP contribution < -0.4 is 5.32 Å². The fourth-order valence-corrected chi connectivity index (χ4v) is 3.96. The minimum Gasteiger partial charge on any atom is -0.325 e. The van der Waals surface area contributed by atoms with Crippen LogP contribution in [0.2, 0.25) is 0 Å². The van der Waals surface area contributed by atoms with Gasteiger partial charge in [0.1, 0.15) is 0 Å². The third-order valence-electron chi connectivity index (χ3n) is 4.57. The van der Waals surface area contributed by atoms with Gasteiger partial charge in [-0.05, 0) is 23.9 Å². The Hall–Kier alpha value is -3.05. The van der Waals surface area contributed by atoms with Crippen LogP contribution in [0, 0.1) is 0 Å². The van der Waals surface area contributed by atoms with E-state index >= 15 is 0 Å². The number of carbonyl (C=O) groups is 1. The summed E-state index contributed by atoms with van der Waals surface area (Å²) in [5.74, 6) is -0.0318. The second-order valence-corrected chi connectivity index (χ2v) is 7.91. The first kappa shape index (κ1) is 18.3. The Bertz CT molecular complexity index is 1090. The number of hydrogen-bond donors (Lipinski definition) is 1. The van der Waals surface area contributed by atoms with Gasteiger partial charge < -0.3 is 9.88 Å². The Kier molecular flexibility index (Phi) is 5.44. The van der Waals surface area contributed by atoms with E-state index in [0.29, 0.717) is 0 Å². The Morgan fingerprint density at radius 1 is 1.04 bits per heavy atom. The van der Waals surface area contributed by atoms with Crippen molar-refractivity contribution in [1.82, 2.24) is 9.55 Å². The topological polar surface area (TPSA) is 46.9 Å². The van der Waals surface area contributed by atoms with Gasteiger partial charge in [0.05, 0.1) is 5.25 Å². The van der Waals surface area contributed by atoms with Gasteiger partial charge >= 0.3 is 0 Å². The minimum absolute atomic E-state index is 0.0318. The molecule has 1 atom stereocenters. The zero-order valence-electron chi connectivity index (χ0n) is 15.6. The Labute approximate surface area is 168 Å². The molecule has 0 saturated carbocycles. The summed E-state index contributed by atoms with van der Waals surface area (Å²) in [6, 6.07) is 24.2. The number of nitrogens with one attached hydrogen (secondary N) is 1. The van der Waals surface area contributed by atoms with Gasteiger partial charge in [0.2, 0.25) is 5.91 Å². The fourth-order valence-electron chi connectivity index (χ4n) is 3.09. The second-order valence-electron chi connectivity index (χ2n) is 6.60. The first-order valence-corrected chi connectivity index (χ1v) is 10.1. The van der Waals surface area contributed by atoms with Crippen molar-refractivity contribution in [2.24, 2.45) is 0 Å². The van der Waals surface area contributed by atoms with Crippen LogP contribution in [0.5, 0.6) is 0 Å². The number of nitrogens with zero attached hydrogens (tertiary/aromatic N) is 2. The van der Waals surface area contributed by atoms with Gasteiger partial charge in [0.25, 0.3) is 0 Å². The van der Waals surface area contributed by atoms with Crippen molar-refractivity contribution in [3.05, 3.63) is 90.8 Å². The van der Waals surface area contributed by atoms with Crippen LogP contribution in [0.25, 0.3) is 10.8 Å². The van der Waals surface area contributed by atoms with Gasteiger partial charge in [-0.25, -0.2) is 4.98 Å². The zero-order valence-corrected chi connectivity index (χ0v) is 16.4. The van der Waals surface area contributed by atoms with Crippen molar-refractivity contribution in [3.8, 4) is 0 Å². The Morgan fingerprint density at radius 2 is 1.79 bits per heavy atom. The standard InChI is InChI=1S/C23H21N3OS/c1-17(22(27)25-21-13-7-11-19-10-5-6-12-20(19)21)28-23-24-14-15-26(23)16-18-8-3-2-4-9-18/h2-15,17H,16H2,1H3,(H,25,27). The third-order valence-corrected chi connectivity index (χ3v) is 5.69.